The summed E-state index contributed by atoms with van der Waals surface area (Å²) in [7, 11) is 0. The minimum Gasteiger partial charge on any atom is -0.313 e. The van der Waals surface area contributed by atoms with Gasteiger partial charge in [0.2, 0.25) is 5.91 Å². The molecule has 0 aromatic heterocycles. The average molecular weight is 239 g/mol. The molecule has 17 heavy (non-hydrogen) atoms. The molecule has 2 aliphatic rings. The van der Waals surface area contributed by atoms with Gasteiger partial charge in [0.25, 0.3) is 0 Å². The smallest absolute Gasteiger partial charge is 0.236 e. The van der Waals surface area contributed by atoms with E-state index in [1.165, 1.54) is 19.3 Å². The fraction of sp³-hybridized carbons (Fsp3) is 0.923. The van der Waals surface area contributed by atoms with E-state index in [2.05, 4.69) is 24.6 Å². The van der Waals surface area contributed by atoms with Crippen LogP contribution in [0.15, 0.2) is 0 Å². The van der Waals surface area contributed by atoms with Crippen molar-refractivity contribution in [2.24, 2.45) is 23.1 Å². The maximum absolute atomic E-state index is 11.5. The highest BCUT2D eigenvalue weighted by molar-refractivity contribution is 5.78. The fourth-order valence-electron chi connectivity index (χ4n) is 3.93. The number of hydrogen-bond acceptors (Lipinski definition) is 3. The summed E-state index contributed by atoms with van der Waals surface area (Å²) < 4.78 is 0. The SMILES string of the molecule is CC(C)C1NCCC12CCC(C(=O)NN)CC2. The first-order valence-corrected chi connectivity index (χ1v) is 6.83. The minimum atomic E-state index is 0.0203. The van der Waals surface area contributed by atoms with E-state index in [4.69, 9.17) is 5.84 Å². The van der Waals surface area contributed by atoms with E-state index >= 15 is 0 Å². The molecular weight excluding hydrogens is 214 g/mol. The van der Waals surface area contributed by atoms with Crippen molar-refractivity contribution in [1.29, 1.82) is 0 Å². The van der Waals surface area contributed by atoms with Crippen LogP contribution in [0.3, 0.4) is 0 Å². The second-order valence-corrected chi connectivity index (χ2v) is 6.07. The van der Waals surface area contributed by atoms with Crippen molar-refractivity contribution in [3.8, 4) is 0 Å². The van der Waals surface area contributed by atoms with Gasteiger partial charge in [0.05, 0.1) is 0 Å². The maximum Gasteiger partial charge on any atom is 0.236 e. The predicted octanol–water partition coefficient (Wildman–Crippen LogP) is 1.17. The normalized spacial score (nSPS) is 37.6. The van der Waals surface area contributed by atoms with E-state index in [0.29, 0.717) is 17.4 Å². The summed E-state index contributed by atoms with van der Waals surface area (Å²) in [5, 5.41) is 3.65. The zero-order valence-corrected chi connectivity index (χ0v) is 11.0. The molecule has 0 aromatic carbocycles. The molecule has 0 radical (unpaired) electrons. The highest BCUT2D eigenvalue weighted by Gasteiger charge is 2.46. The van der Waals surface area contributed by atoms with Crippen molar-refractivity contribution in [3.63, 3.8) is 0 Å². The molecule has 1 unspecified atom stereocenters. The van der Waals surface area contributed by atoms with E-state index in [0.717, 1.165) is 19.4 Å². The number of nitrogens with two attached hydrogens (primary N) is 1. The number of hydrogen-bond donors (Lipinski definition) is 3. The fourth-order valence-corrected chi connectivity index (χ4v) is 3.93. The van der Waals surface area contributed by atoms with Gasteiger partial charge in [0, 0.05) is 12.0 Å². The molecule has 4 nitrogen and oxygen atoms in total. The standard InChI is InChI=1S/C13H25N3O/c1-9(2)11-13(7-8-15-11)5-3-10(4-6-13)12(17)16-14/h9-11,15H,3-8,14H2,1-2H3,(H,16,17). The number of amides is 1. The largest absolute Gasteiger partial charge is 0.313 e. The quantitative estimate of drug-likeness (QED) is 0.385. The van der Waals surface area contributed by atoms with E-state index < -0.39 is 0 Å². The summed E-state index contributed by atoms with van der Waals surface area (Å²) in [4.78, 5) is 11.5. The third kappa shape index (κ3) is 2.33. The molecule has 4 N–H and O–H groups in total. The molecular formula is C13H25N3O. The molecule has 1 saturated heterocycles. The van der Waals surface area contributed by atoms with Crippen LogP contribution in [0.1, 0.15) is 46.0 Å². The van der Waals surface area contributed by atoms with Gasteiger partial charge in [-0.05, 0) is 50.0 Å². The Morgan fingerprint density at radius 3 is 2.53 bits per heavy atom. The number of carbonyl (C=O) groups is 1. The second kappa shape index (κ2) is 4.94. The van der Waals surface area contributed by atoms with Gasteiger partial charge in [-0.25, -0.2) is 5.84 Å². The molecule has 2 rings (SSSR count). The van der Waals surface area contributed by atoms with Gasteiger partial charge >= 0.3 is 0 Å². The Labute approximate surface area is 104 Å². The molecule has 98 valence electrons. The first-order chi connectivity index (χ1) is 8.09. The molecule has 0 bridgehead atoms. The lowest BCUT2D eigenvalue weighted by Crippen LogP contribution is -2.45. The topological polar surface area (TPSA) is 67.2 Å². The molecule has 4 heteroatoms. The monoisotopic (exact) mass is 239 g/mol. The Morgan fingerprint density at radius 1 is 1.35 bits per heavy atom. The van der Waals surface area contributed by atoms with Crippen molar-refractivity contribution in [2.45, 2.75) is 52.0 Å². The molecule has 2 fully saturated rings. The Kier molecular flexibility index (Phi) is 3.73. The van der Waals surface area contributed by atoms with Crippen LogP contribution in [0, 0.1) is 17.3 Å². The summed E-state index contributed by atoms with van der Waals surface area (Å²) in [6, 6.07) is 0.629. The number of nitrogens with one attached hydrogen (secondary N) is 2. The summed E-state index contributed by atoms with van der Waals surface area (Å²) in [5.74, 6) is 6.05. The molecule has 1 saturated carbocycles. The minimum absolute atomic E-state index is 0.0203. The van der Waals surface area contributed by atoms with Crippen LogP contribution in [0.2, 0.25) is 0 Å². The van der Waals surface area contributed by atoms with Crippen LogP contribution < -0.4 is 16.6 Å². The van der Waals surface area contributed by atoms with Gasteiger partial charge in [-0.1, -0.05) is 13.8 Å². The lowest BCUT2D eigenvalue weighted by atomic mass is 9.64. The van der Waals surface area contributed by atoms with Gasteiger partial charge in [-0.2, -0.15) is 0 Å². The second-order valence-electron chi connectivity index (χ2n) is 6.07. The lowest BCUT2D eigenvalue weighted by molar-refractivity contribution is -0.127. The van der Waals surface area contributed by atoms with Crippen LogP contribution in [0.25, 0.3) is 0 Å². The van der Waals surface area contributed by atoms with Gasteiger partial charge < -0.3 is 5.32 Å². The van der Waals surface area contributed by atoms with Gasteiger partial charge in [-0.3, -0.25) is 10.2 Å². The van der Waals surface area contributed by atoms with Crippen molar-refractivity contribution in [3.05, 3.63) is 0 Å². The van der Waals surface area contributed by atoms with Crippen LogP contribution >= 0.6 is 0 Å². The molecule has 1 amide bonds. The van der Waals surface area contributed by atoms with Crippen LogP contribution in [-0.4, -0.2) is 18.5 Å². The zero-order valence-electron chi connectivity index (χ0n) is 11.0. The molecule has 1 heterocycles. The Hall–Kier alpha value is -0.610. The highest BCUT2D eigenvalue weighted by atomic mass is 16.2. The Balaban J connectivity index is 1.99. The summed E-state index contributed by atoms with van der Waals surface area (Å²) in [5.41, 5.74) is 2.74. The van der Waals surface area contributed by atoms with Crippen LogP contribution in [0.5, 0.6) is 0 Å². The maximum atomic E-state index is 11.5. The lowest BCUT2D eigenvalue weighted by Gasteiger charge is -2.42. The number of hydrazine groups is 1. The Bertz CT molecular complexity index is 282. The third-order valence-corrected chi connectivity index (χ3v) is 4.81. The van der Waals surface area contributed by atoms with Crippen molar-refractivity contribution in [1.82, 2.24) is 10.7 Å². The summed E-state index contributed by atoms with van der Waals surface area (Å²) >= 11 is 0. The zero-order chi connectivity index (χ0) is 12.5. The molecule has 1 spiro atoms. The summed E-state index contributed by atoms with van der Waals surface area (Å²) in [6.07, 6.45) is 5.59. The first-order valence-electron chi connectivity index (χ1n) is 6.83. The number of rotatable bonds is 2. The van der Waals surface area contributed by atoms with E-state index in [1.807, 2.05) is 0 Å². The van der Waals surface area contributed by atoms with E-state index in [1.54, 1.807) is 0 Å². The molecule has 1 atom stereocenters. The molecule has 0 aromatic rings. The van der Waals surface area contributed by atoms with Crippen molar-refractivity contribution < 1.29 is 4.79 Å². The first kappa shape index (κ1) is 12.8. The average Bonchev–Trinajstić information content (AvgIpc) is 2.73. The van der Waals surface area contributed by atoms with Crippen molar-refractivity contribution in [2.75, 3.05) is 6.54 Å². The van der Waals surface area contributed by atoms with Crippen molar-refractivity contribution >= 4 is 5.91 Å². The summed E-state index contributed by atoms with van der Waals surface area (Å²) in [6.45, 7) is 5.73. The Morgan fingerprint density at radius 2 is 2.00 bits per heavy atom. The molecule has 1 aliphatic carbocycles. The molecule has 1 aliphatic heterocycles. The third-order valence-electron chi connectivity index (χ3n) is 4.81. The van der Waals surface area contributed by atoms with Gasteiger partial charge in [-0.15, -0.1) is 0 Å². The number of carbonyl (C=O) groups excluding carboxylic acids is 1. The van der Waals surface area contributed by atoms with E-state index in [-0.39, 0.29) is 11.8 Å². The van der Waals surface area contributed by atoms with E-state index in [9.17, 15) is 4.79 Å². The highest BCUT2D eigenvalue weighted by Crippen LogP contribution is 2.48. The van der Waals surface area contributed by atoms with Gasteiger partial charge in [0.1, 0.15) is 0 Å². The predicted molar refractivity (Wildman–Crippen MR) is 68.0 cm³/mol. The van der Waals surface area contributed by atoms with Crippen LogP contribution in [-0.2, 0) is 4.79 Å². The van der Waals surface area contributed by atoms with Crippen LogP contribution in [0.4, 0.5) is 0 Å². The van der Waals surface area contributed by atoms with Gasteiger partial charge in [0.15, 0.2) is 0 Å².